The maximum absolute atomic E-state index is 12.1. The Bertz CT molecular complexity index is 666. The maximum Gasteiger partial charge on any atom is 0.222 e. The second-order valence-corrected chi connectivity index (χ2v) is 8.00. The molecule has 1 amide bonds. The topological polar surface area (TPSA) is 45.2 Å². The first-order valence-electron chi connectivity index (χ1n) is 9.80. The van der Waals surface area contributed by atoms with Gasteiger partial charge in [-0.15, -0.1) is 0 Å². The summed E-state index contributed by atoms with van der Waals surface area (Å²) in [7, 11) is 7.55. The highest BCUT2D eigenvalue weighted by Crippen LogP contribution is 2.32. The molecular formula is C21H33N3O3. The van der Waals surface area contributed by atoms with Crippen LogP contribution in [0.5, 0.6) is 5.75 Å². The van der Waals surface area contributed by atoms with E-state index in [0.717, 1.165) is 56.9 Å². The molecule has 150 valence electrons. The number of amides is 1. The third-order valence-corrected chi connectivity index (χ3v) is 6.27. The number of likely N-dealkylation sites (tertiary alicyclic amines) is 1. The molecule has 6 heteroatoms. The van der Waals surface area contributed by atoms with Crippen LogP contribution in [0.1, 0.15) is 30.4 Å². The molecule has 1 aromatic carbocycles. The lowest BCUT2D eigenvalue weighted by Gasteiger charge is -2.49. The van der Waals surface area contributed by atoms with Gasteiger partial charge in [0.15, 0.2) is 0 Å². The highest BCUT2D eigenvalue weighted by Gasteiger charge is 2.41. The van der Waals surface area contributed by atoms with Crippen LogP contribution in [0.3, 0.4) is 0 Å². The Morgan fingerprint density at radius 1 is 1.11 bits per heavy atom. The fraction of sp³-hybridized carbons (Fsp3) is 0.667. The number of ether oxygens (including phenoxy) is 2. The third kappa shape index (κ3) is 4.45. The summed E-state index contributed by atoms with van der Waals surface area (Å²) in [5.41, 5.74) is 2.47. The van der Waals surface area contributed by atoms with Crippen molar-refractivity contribution >= 4 is 5.91 Å². The number of piperazine rings is 1. The SMILES string of the molecule is COCc1cc(CN2CCN(C)C3(CCC(=O)N(C)CC3)C2)ccc1OC. The van der Waals surface area contributed by atoms with Gasteiger partial charge in [-0.1, -0.05) is 6.07 Å². The van der Waals surface area contributed by atoms with E-state index in [4.69, 9.17) is 9.47 Å². The van der Waals surface area contributed by atoms with Gasteiger partial charge in [-0.2, -0.15) is 0 Å². The van der Waals surface area contributed by atoms with Gasteiger partial charge < -0.3 is 14.4 Å². The summed E-state index contributed by atoms with van der Waals surface area (Å²) in [5.74, 6) is 1.15. The predicted molar refractivity (Wildman–Crippen MR) is 106 cm³/mol. The lowest BCUT2D eigenvalue weighted by molar-refractivity contribution is -0.129. The van der Waals surface area contributed by atoms with Crippen LogP contribution in [-0.2, 0) is 22.7 Å². The number of methoxy groups -OCH3 is 2. The van der Waals surface area contributed by atoms with E-state index in [0.29, 0.717) is 13.0 Å². The normalized spacial score (nSPS) is 25.0. The van der Waals surface area contributed by atoms with Crippen molar-refractivity contribution in [1.29, 1.82) is 0 Å². The molecule has 0 radical (unpaired) electrons. The first-order chi connectivity index (χ1) is 13.0. The number of carbonyl (C=O) groups is 1. The van der Waals surface area contributed by atoms with Crippen molar-refractivity contribution in [3.05, 3.63) is 29.3 Å². The van der Waals surface area contributed by atoms with Crippen molar-refractivity contribution < 1.29 is 14.3 Å². The van der Waals surface area contributed by atoms with Crippen LogP contribution in [0.4, 0.5) is 0 Å². The Kier molecular flexibility index (Phi) is 6.40. The van der Waals surface area contributed by atoms with E-state index < -0.39 is 0 Å². The average Bonchev–Trinajstić information content (AvgIpc) is 2.80. The van der Waals surface area contributed by atoms with Crippen LogP contribution in [0.2, 0.25) is 0 Å². The molecule has 2 saturated heterocycles. The van der Waals surface area contributed by atoms with Crippen LogP contribution in [0.15, 0.2) is 18.2 Å². The van der Waals surface area contributed by atoms with Crippen LogP contribution < -0.4 is 4.74 Å². The number of rotatable bonds is 5. The second-order valence-electron chi connectivity index (χ2n) is 8.00. The molecule has 0 aromatic heterocycles. The van der Waals surface area contributed by atoms with Gasteiger partial charge in [-0.05, 0) is 37.6 Å². The van der Waals surface area contributed by atoms with Gasteiger partial charge in [0.05, 0.1) is 13.7 Å². The molecule has 2 fully saturated rings. The second kappa shape index (κ2) is 8.59. The number of hydrogen-bond donors (Lipinski definition) is 0. The zero-order chi connectivity index (χ0) is 19.4. The van der Waals surface area contributed by atoms with E-state index in [1.165, 1.54) is 5.56 Å². The van der Waals surface area contributed by atoms with Crippen LogP contribution in [0, 0.1) is 0 Å². The number of hydrogen-bond acceptors (Lipinski definition) is 5. The smallest absolute Gasteiger partial charge is 0.222 e. The van der Waals surface area contributed by atoms with Gasteiger partial charge in [-0.3, -0.25) is 14.6 Å². The van der Waals surface area contributed by atoms with E-state index >= 15 is 0 Å². The zero-order valence-electron chi connectivity index (χ0n) is 17.2. The zero-order valence-corrected chi connectivity index (χ0v) is 17.2. The molecular weight excluding hydrogens is 342 g/mol. The standard InChI is InChI=1S/C21H33N3O3/c1-22-10-9-21(8-7-20(22)25)16-24(12-11-23(21)2)14-17-5-6-19(27-4)18(13-17)15-26-3/h5-6,13H,7-12,14-16H2,1-4H3. The molecule has 6 nitrogen and oxygen atoms in total. The van der Waals surface area contributed by atoms with Gasteiger partial charge in [-0.25, -0.2) is 0 Å². The van der Waals surface area contributed by atoms with Crippen molar-refractivity contribution in [3.8, 4) is 5.75 Å². The summed E-state index contributed by atoms with van der Waals surface area (Å²) in [4.78, 5) is 19.1. The number of benzene rings is 1. The number of likely N-dealkylation sites (N-methyl/N-ethyl adjacent to an activating group) is 1. The van der Waals surface area contributed by atoms with Crippen LogP contribution in [0.25, 0.3) is 0 Å². The fourth-order valence-electron chi connectivity index (χ4n) is 4.43. The van der Waals surface area contributed by atoms with Gasteiger partial charge in [0, 0.05) is 64.4 Å². The minimum atomic E-state index is 0.0977. The molecule has 2 aliphatic rings. The summed E-state index contributed by atoms with van der Waals surface area (Å²) in [6.07, 6.45) is 2.63. The van der Waals surface area contributed by atoms with E-state index in [1.54, 1.807) is 14.2 Å². The molecule has 1 aromatic rings. The molecule has 1 unspecified atom stereocenters. The molecule has 3 rings (SSSR count). The Hall–Kier alpha value is -1.63. The van der Waals surface area contributed by atoms with E-state index in [-0.39, 0.29) is 11.4 Å². The lowest BCUT2D eigenvalue weighted by atomic mass is 9.86. The fourth-order valence-corrected chi connectivity index (χ4v) is 4.43. The largest absolute Gasteiger partial charge is 0.496 e. The van der Waals surface area contributed by atoms with E-state index in [1.807, 2.05) is 18.0 Å². The average molecular weight is 376 g/mol. The Morgan fingerprint density at radius 2 is 1.93 bits per heavy atom. The first-order valence-corrected chi connectivity index (χ1v) is 9.80. The molecule has 1 spiro atoms. The Morgan fingerprint density at radius 3 is 2.67 bits per heavy atom. The van der Waals surface area contributed by atoms with Gasteiger partial charge in [0.25, 0.3) is 0 Å². The Balaban J connectivity index is 1.73. The molecule has 0 aliphatic carbocycles. The predicted octanol–water partition coefficient (Wildman–Crippen LogP) is 1.97. The van der Waals surface area contributed by atoms with Crippen molar-refractivity contribution in [2.75, 3.05) is 54.5 Å². The Labute approximate surface area is 163 Å². The number of carbonyl (C=O) groups excluding carboxylic acids is 1. The van der Waals surface area contributed by atoms with Crippen LogP contribution >= 0.6 is 0 Å². The van der Waals surface area contributed by atoms with E-state index in [9.17, 15) is 4.79 Å². The van der Waals surface area contributed by atoms with Gasteiger partial charge in [0.2, 0.25) is 5.91 Å². The monoisotopic (exact) mass is 375 g/mol. The van der Waals surface area contributed by atoms with Crippen molar-refractivity contribution in [2.24, 2.45) is 0 Å². The number of nitrogens with zero attached hydrogens (tertiary/aromatic N) is 3. The first kappa shape index (κ1) is 20.1. The summed E-state index contributed by atoms with van der Waals surface area (Å²) in [6.45, 7) is 5.42. The molecule has 2 aliphatic heterocycles. The van der Waals surface area contributed by atoms with Crippen molar-refractivity contribution in [3.63, 3.8) is 0 Å². The minimum absolute atomic E-state index is 0.0977. The quantitative estimate of drug-likeness (QED) is 0.787. The van der Waals surface area contributed by atoms with Gasteiger partial charge >= 0.3 is 0 Å². The summed E-state index contributed by atoms with van der Waals surface area (Å²) < 4.78 is 10.8. The molecule has 0 N–H and O–H groups in total. The van der Waals surface area contributed by atoms with Crippen LogP contribution in [-0.4, -0.2) is 80.6 Å². The third-order valence-electron chi connectivity index (χ3n) is 6.27. The highest BCUT2D eigenvalue weighted by molar-refractivity contribution is 5.76. The molecule has 0 bridgehead atoms. The molecule has 27 heavy (non-hydrogen) atoms. The highest BCUT2D eigenvalue weighted by atomic mass is 16.5. The summed E-state index contributed by atoms with van der Waals surface area (Å²) in [6, 6.07) is 6.37. The van der Waals surface area contributed by atoms with Crippen molar-refractivity contribution in [2.45, 2.75) is 38.0 Å². The van der Waals surface area contributed by atoms with Gasteiger partial charge in [0.1, 0.15) is 5.75 Å². The van der Waals surface area contributed by atoms with E-state index in [2.05, 4.69) is 29.0 Å². The lowest BCUT2D eigenvalue weighted by Crippen LogP contribution is -2.60. The summed E-state index contributed by atoms with van der Waals surface area (Å²) >= 11 is 0. The molecule has 0 saturated carbocycles. The molecule has 2 heterocycles. The maximum atomic E-state index is 12.1. The molecule has 1 atom stereocenters. The van der Waals surface area contributed by atoms with Crippen molar-refractivity contribution in [1.82, 2.24) is 14.7 Å². The summed E-state index contributed by atoms with van der Waals surface area (Å²) in [5, 5.41) is 0. The minimum Gasteiger partial charge on any atom is -0.496 e.